The lowest BCUT2D eigenvalue weighted by atomic mass is 10.2. The largest absolute Gasteiger partial charge is 0.337 e. The second kappa shape index (κ2) is 4.94. The van der Waals surface area contributed by atoms with Gasteiger partial charge in [-0.1, -0.05) is 35.5 Å². The molecule has 0 bridgehead atoms. The first-order valence-corrected chi connectivity index (χ1v) is 7.21. The SMILES string of the molecule is O=C1CN(C2CC2)C(=O)N1Cc1nc(-c2ccccc2)no1. The van der Waals surface area contributed by atoms with E-state index in [4.69, 9.17) is 4.52 Å². The van der Waals surface area contributed by atoms with Crippen molar-refractivity contribution in [2.75, 3.05) is 6.54 Å². The van der Waals surface area contributed by atoms with Crippen LogP contribution in [0.4, 0.5) is 4.79 Å². The zero-order chi connectivity index (χ0) is 15.1. The highest BCUT2D eigenvalue weighted by Crippen LogP contribution is 2.30. The summed E-state index contributed by atoms with van der Waals surface area (Å²) in [7, 11) is 0. The van der Waals surface area contributed by atoms with E-state index in [0.29, 0.717) is 5.82 Å². The standard InChI is InChI=1S/C15H14N4O3/c20-13-9-18(11-6-7-11)15(21)19(13)8-12-16-14(17-22-12)10-4-2-1-3-5-10/h1-5,11H,6-9H2. The Morgan fingerprint density at radius 1 is 1.18 bits per heavy atom. The van der Waals surface area contributed by atoms with E-state index in [0.717, 1.165) is 18.4 Å². The molecule has 1 aliphatic carbocycles. The van der Waals surface area contributed by atoms with Gasteiger partial charge < -0.3 is 9.42 Å². The fourth-order valence-electron chi connectivity index (χ4n) is 2.55. The van der Waals surface area contributed by atoms with Gasteiger partial charge in [0.2, 0.25) is 11.7 Å². The number of benzene rings is 1. The van der Waals surface area contributed by atoms with Gasteiger partial charge in [0.05, 0.1) is 0 Å². The van der Waals surface area contributed by atoms with Crippen LogP contribution < -0.4 is 0 Å². The minimum atomic E-state index is -0.257. The topological polar surface area (TPSA) is 79.5 Å². The third-order valence-electron chi connectivity index (χ3n) is 3.86. The van der Waals surface area contributed by atoms with Crippen LogP contribution in [-0.2, 0) is 11.3 Å². The van der Waals surface area contributed by atoms with E-state index in [9.17, 15) is 9.59 Å². The Bertz CT molecular complexity index is 723. The van der Waals surface area contributed by atoms with Crippen molar-refractivity contribution >= 4 is 11.9 Å². The summed E-state index contributed by atoms with van der Waals surface area (Å²) in [6.07, 6.45) is 1.96. The minimum Gasteiger partial charge on any atom is -0.337 e. The first-order chi connectivity index (χ1) is 10.7. The average molecular weight is 298 g/mol. The van der Waals surface area contributed by atoms with E-state index in [1.165, 1.54) is 4.90 Å². The first-order valence-electron chi connectivity index (χ1n) is 7.21. The second-order valence-corrected chi connectivity index (χ2v) is 5.50. The molecule has 3 amide bonds. The maximum atomic E-state index is 12.2. The maximum Gasteiger partial charge on any atom is 0.327 e. The van der Waals surface area contributed by atoms with Crippen molar-refractivity contribution in [3.05, 3.63) is 36.2 Å². The molecule has 1 aromatic heterocycles. The monoisotopic (exact) mass is 298 g/mol. The van der Waals surface area contributed by atoms with Crippen molar-refractivity contribution < 1.29 is 14.1 Å². The molecule has 1 aliphatic heterocycles. The van der Waals surface area contributed by atoms with Gasteiger partial charge in [0.15, 0.2) is 0 Å². The summed E-state index contributed by atoms with van der Waals surface area (Å²) in [5, 5.41) is 3.90. The molecule has 0 spiro atoms. The molecule has 0 atom stereocenters. The zero-order valence-corrected chi connectivity index (χ0v) is 11.8. The molecule has 2 fully saturated rings. The van der Waals surface area contributed by atoms with E-state index in [1.807, 2.05) is 30.3 Å². The van der Waals surface area contributed by atoms with Crippen LogP contribution in [0.5, 0.6) is 0 Å². The number of aromatic nitrogens is 2. The molecule has 7 nitrogen and oxygen atoms in total. The Kier molecular flexibility index (Phi) is 2.92. The molecule has 0 unspecified atom stereocenters. The number of rotatable bonds is 4. The van der Waals surface area contributed by atoms with E-state index >= 15 is 0 Å². The van der Waals surface area contributed by atoms with Crippen molar-refractivity contribution in [3.63, 3.8) is 0 Å². The van der Waals surface area contributed by atoms with Gasteiger partial charge in [0.1, 0.15) is 13.1 Å². The molecule has 4 rings (SSSR count). The normalized spacial score (nSPS) is 18.4. The molecule has 2 aliphatic rings. The average Bonchev–Trinajstić information content (AvgIpc) is 3.21. The molecular weight excluding hydrogens is 284 g/mol. The number of hydrogen-bond donors (Lipinski definition) is 0. The highest BCUT2D eigenvalue weighted by atomic mass is 16.5. The van der Waals surface area contributed by atoms with Gasteiger partial charge in [0.25, 0.3) is 5.91 Å². The molecule has 22 heavy (non-hydrogen) atoms. The van der Waals surface area contributed by atoms with Crippen LogP contribution >= 0.6 is 0 Å². The number of carbonyl (C=O) groups excluding carboxylic acids is 2. The quantitative estimate of drug-likeness (QED) is 0.802. The van der Waals surface area contributed by atoms with Crippen LogP contribution in [0.2, 0.25) is 0 Å². The number of imide groups is 1. The van der Waals surface area contributed by atoms with E-state index in [-0.39, 0.29) is 37.0 Å². The lowest BCUT2D eigenvalue weighted by molar-refractivity contribution is -0.126. The number of urea groups is 1. The fourth-order valence-corrected chi connectivity index (χ4v) is 2.55. The summed E-state index contributed by atoms with van der Waals surface area (Å²) in [5.41, 5.74) is 0.830. The highest BCUT2D eigenvalue weighted by Gasteiger charge is 2.44. The van der Waals surface area contributed by atoms with Crippen molar-refractivity contribution in [1.82, 2.24) is 19.9 Å². The summed E-state index contributed by atoms with van der Waals surface area (Å²) < 4.78 is 5.16. The number of carbonyl (C=O) groups is 2. The summed E-state index contributed by atoms with van der Waals surface area (Å²) in [4.78, 5) is 31.3. The molecule has 1 saturated heterocycles. The van der Waals surface area contributed by atoms with Crippen molar-refractivity contribution in [1.29, 1.82) is 0 Å². The van der Waals surface area contributed by atoms with Crippen LogP contribution in [0.3, 0.4) is 0 Å². The van der Waals surface area contributed by atoms with Gasteiger partial charge >= 0.3 is 6.03 Å². The summed E-state index contributed by atoms with van der Waals surface area (Å²) >= 11 is 0. The van der Waals surface area contributed by atoms with Crippen molar-refractivity contribution in [2.24, 2.45) is 0 Å². The second-order valence-electron chi connectivity index (χ2n) is 5.50. The highest BCUT2D eigenvalue weighted by molar-refractivity contribution is 6.02. The van der Waals surface area contributed by atoms with Gasteiger partial charge in [-0.25, -0.2) is 4.79 Å². The molecule has 2 heterocycles. The van der Waals surface area contributed by atoms with Crippen LogP contribution in [-0.4, -0.2) is 44.5 Å². The predicted octanol–water partition coefficient (Wildman–Crippen LogP) is 1.66. The Hall–Kier alpha value is -2.70. The summed E-state index contributed by atoms with van der Waals surface area (Å²) in [6.45, 7) is 0.184. The third kappa shape index (κ3) is 2.24. The summed E-state index contributed by atoms with van der Waals surface area (Å²) in [5.74, 6) is 0.503. The lowest BCUT2D eigenvalue weighted by Crippen LogP contribution is -2.33. The molecule has 7 heteroatoms. The van der Waals surface area contributed by atoms with Crippen LogP contribution in [0.15, 0.2) is 34.9 Å². The molecule has 1 aromatic carbocycles. The van der Waals surface area contributed by atoms with Gasteiger partial charge in [-0.15, -0.1) is 0 Å². The Balaban J connectivity index is 1.51. The molecular formula is C15H14N4O3. The summed E-state index contributed by atoms with van der Waals surface area (Å²) in [6, 6.07) is 9.37. The fraction of sp³-hybridized carbons (Fsp3) is 0.333. The van der Waals surface area contributed by atoms with Gasteiger partial charge in [-0.05, 0) is 12.8 Å². The van der Waals surface area contributed by atoms with E-state index < -0.39 is 0 Å². The van der Waals surface area contributed by atoms with Gasteiger partial charge in [0, 0.05) is 11.6 Å². The minimum absolute atomic E-state index is 0.0285. The smallest absolute Gasteiger partial charge is 0.327 e. The number of nitrogens with zero attached hydrogens (tertiary/aromatic N) is 4. The lowest BCUT2D eigenvalue weighted by Gasteiger charge is -2.14. The molecule has 2 aromatic rings. The van der Waals surface area contributed by atoms with Gasteiger partial charge in [-0.2, -0.15) is 4.98 Å². The van der Waals surface area contributed by atoms with Gasteiger partial charge in [-0.3, -0.25) is 9.69 Å². The molecule has 1 saturated carbocycles. The Morgan fingerprint density at radius 2 is 1.95 bits per heavy atom. The van der Waals surface area contributed by atoms with Crippen LogP contribution in [0.25, 0.3) is 11.4 Å². The molecule has 0 N–H and O–H groups in total. The number of amides is 3. The van der Waals surface area contributed by atoms with E-state index in [2.05, 4.69) is 10.1 Å². The van der Waals surface area contributed by atoms with Crippen molar-refractivity contribution in [3.8, 4) is 11.4 Å². The Labute approximate surface area is 126 Å². The molecule has 112 valence electrons. The zero-order valence-electron chi connectivity index (χ0n) is 11.8. The van der Waals surface area contributed by atoms with Crippen LogP contribution in [0.1, 0.15) is 18.7 Å². The van der Waals surface area contributed by atoms with Crippen LogP contribution in [0, 0.1) is 0 Å². The maximum absolute atomic E-state index is 12.2. The first kappa shape index (κ1) is 13.0. The third-order valence-corrected chi connectivity index (χ3v) is 3.86. The Morgan fingerprint density at radius 3 is 2.68 bits per heavy atom. The number of hydrogen-bond acceptors (Lipinski definition) is 5. The van der Waals surface area contributed by atoms with E-state index in [1.54, 1.807) is 4.90 Å². The van der Waals surface area contributed by atoms with Crippen molar-refractivity contribution in [2.45, 2.75) is 25.4 Å². The predicted molar refractivity (Wildman–Crippen MR) is 75.4 cm³/mol. The molecule has 0 radical (unpaired) electrons.